The molecule has 0 amide bonds. The number of thiazole rings is 1. The average Bonchev–Trinajstić information content (AvgIpc) is 3.18. The van der Waals surface area contributed by atoms with Crippen LogP contribution in [0.1, 0.15) is 0 Å². The Morgan fingerprint density at radius 1 is 1.20 bits per heavy atom. The highest BCUT2D eigenvalue weighted by atomic mass is 32.2. The molecule has 1 aliphatic heterocycles. The van der Waals surface area contributed by atoms with E-state index in [0.29, 0.717) is 22.8 Å². The molecular weight excluding hydrogens is 360 g/mol. The van der Waals surface area contributed by atoms with Crippen LogP contribution < -0.4 is 14.3 Å². The number of hydrogen-bond acceptors (Lipinski definition) is 5. The van der Waals surface area contributed by atoms with Gasteiger partial charge in [-0.05, 0) is 12.1 Å². The van der Waals surface area contributed by atoms with Crippen LogP contribution in [0, 0.1) is 0 Å². The first-order valence-electron chi connectivity index (χ1n) is 7.48. The molecule has 0 atom stereocenters. The summed E-state index contributed by atoms with van der Waals surface area (Å²) in [7, 11) is -3.80. The molecule has 2 heterocycles. The minimum atomic E-state index is -3.80. The minimum Gasteiger partial charge on any atom is -0.454 e. The summed E-state index contributed by atoms with van der Waals surface area (Å²) in [4.78, 5) is 0.536. The van der Waals surface area contributed by atoms with Gasteiger partial charge in [-0.2, -0.15) is 8.42 Å². The average molecular weight is 374 g/mol. The van der Waals surface area contributed by atoms with Crippen molar-refractivity contribution in [3.8, 4) is 11.5 Å². The third-order valence-electron chi connectivity index (χ3n) is 3.73. The lowest BCUT2D eigenvalue weighted by Gasteiger charge is -2.02. The Hall–Kier alpha value is -2.58. The predicted molar refractivity (Wildman–Crippen MR) is 95.3 cm³/mol. The maximum Gasteiger partial charge on any atom is 0.285 e. The van der Waals surface area contributed by atoms with Crippen LogP contribution in [0.25, 0.3) is 10.2 Å². The fourth-order valence-corrected chi connectivity index (χ4v) is 4.86. The molecule has 0 spiro atoms. The standard InChI is InChI=1S/C17H14N2O4S2/c1-2-8-19-13-9-14-15(23-11-22-14)10-16(13)24-17(19)18-25(20,21)12-6-4-3-5-7-12/h2-7,9-10H,1,8,11H2. The van der Waals surface area contributed by atoms with Crippen LogP contribution in [0.5, 0.6) is 11.5 Å². The normalized spacial score (nSPS) is 14.2. The molecule has 0 unspecified atom stereocenters. The number of benzene rings is 2. The van der Waals surface area contributed by atoms with Gasteiger partial charge in [0.05, 0.1) is 15.1 Å². The summed E-state index contributed by atoms with van der Waals surface area (Å²) >= 11 is 1.29. The molecule has 2 aromatic carbocycles. The van der Waals surface area contributed by atoms with E-state index in [1.165, 1.54) is 23.5 Å². The fourth-order valence-electron chi connectivity index (χ4n) is 2.58. The number of nitrogens with zero attached hydrogens (tertiary/aromatic N) is 2. The van der Waals surface area contributed by atoms with Gasteiger partial charge in [-0.3, -0.25) is 0 Å². The molecule has 25 heavy (non-hydrogen) atoms. The Bertz CT molecular complexity index is 1130. The van der Waals surface area contributed by atoms with Crippen LogP contribution in [-0.2, 0) is 16.6 Å². The van der Waals surface area contributed by atoms with Crippen molar-refractivity contribution in [2.24, 2.45) is 4.40 Å². The monoisotopic (exact) mass is 374 g/mol. The number of sulfonamides is 1. The van der Waals surface area contributed by atoms with Gasteiger partial charge in [0.25, 0.3) is 10.0 Å². The summed E-state index contributed by atoms with van der Waals surface area (Å²) in [6.45, 7) is 4.37. The van der Waals surface area contributed by atoms with E-state index in [1.54, 1.807) is 28.8 Å². The maximum absolute atomic E-state index is 12.6. The molecule has 6 nitrogen and oxygen atoms in total. The fraction of sp³-hybridized carbons (Fsp3) is 0.118. The summed E-state index contributed by atoms with van der Waals surface area (Å²) in [5, 5.41) is 0. The Balaban J connectivity index is 1.95. The number of fused-ring (bicyclic) bond motifs is 2. The van der Waals surface area contributed by atoms with E-state index in [-0.39, 0.29) is 11.7 Å². The van der Waals surface area contributed by atoms with Crippen molar-refractivity contribution in [3.63, 3.8) is 0 Å². The molecule has 0 fully saturated rings. The van der Waals surface area contributed by atoms with Crippen molar-refractivity contribution in [2.75, 3.05) is 6.79 Å². The van der Waals surface area contributed by atoms with Gasteiger partial charge in [0.1, 0.15) is 0 Å². The SMILES string of the molecule is C=CCn1c(=NS(=O)(=O)c2ccccc2)sc2cc3c(cc21)OCO3. The minimum absolute atomic E-state index is 0.159. The molecule has 0 radical (unpaired) electrons. The zero-order valence-corrected chi connectivity index (χ0v) is 14.7. The van der Waals surface area contributed by atoms with E-state index in [4.69, 9.17) is 9.47 Å². The number of hydrogen-bond donors (Lipinski definition) is 0. The van der Waals surface area contributed by atoms with Crippen molar-refractivity contribution in [3.05, 3.63) is 59.9 Å². The first-order chi connectivity index (χ1) is 12.1. The van der Waals surface area contributed by atoms with Crippen molar-refractivity contribution in [1.29, 1.82) is 0 Å². The maximum atomic E-state index is 12.6. The third-order valence-corrected chi connectivity index (χ3v) is 6.17. The molecule has 4 rings (SSSR count). The highest BCUT2D eigenvalue weighted by Crippen LogP contribution is 2.37. The van der Waals surface area contributed by atoms with Gasteiger partial charge in [-0.25, -0.2) is 0 Å². The second-order valence-corrected chi connectivity index (χ2v) is 7.95. The Labute approximate surface area is 148 Å². The van der Waals surface area contributed by atoms with E-state index >= 15 is 0 Å². The first kappa shape index (κ1) is 15.9. The molecule has 128 valence electrons. The largest absolute Gasteiger partial charge is 0.454 e. The van der Waals surface area contributed by atoms with Crippen molar-refractivity contribution < 1.29 is 17.9 Å². The molecule has 1 aromatic heterocycles. The summed E-state index contributed by atoms with van der Waals surface area (Å²) in [6.07, 6.45) is 1.70. The third kappa shape index (κ3) is 2.83. The Morgan fingerprint density at radius 3 is 2.64 bits per heavy atom. The van der Waals surface area contributed by atoms with Gasteiger partial charge in [0, 0.05) is 18.7 Å². The number of aromatic nitrogens is 1. The van der Waals surface area contributed by atoms with Gasteiger partial charge in [-0.15, -0.1) is 11.0 Å². The molecule has 0 saturated heterocycles. The van der Waals surface area contributed by atoms with Crippen LogP contribution in [-0.4, -0.2) is 19.8 Å². The highest BCUT2D eigenvalue weighted by Gasteiger charge is 2.19. The van der Waals surface area contributed by atoms with Gasteiger partial charge in [-0.1, -0.05) is 35.6 Å². The van der Waals surface area contributed by atoms with Gasteiger partial charge in [0.2, 0.25) is 11.6 Å². The highest BCUT2D eigenvalue weighted by molar-refractivity contribution is 7.90. The van der Waals surface area contributed by atoms with E-state index in [1.807, 2.05) is 12.1 Å². The molecule has 0 aliphatic carbocycles. The Morgan fingerprint density at radius 2 is 1.92 bits per heavy atom. The van der Waals surface area contributed by atoms with Crippen molar-refractivity contribution in [2.45, 2.75) is 11.4 Å². The van der Waals surface area contributed by atoms with Crippen LogP contribution >= 0.6 is 11.3 Å². The lowest BCUT2D eigenvalue weighted by Crippen LogP contribution is -2.16. The zero-order valence-electron chi connectivity index (χ0n) is 13.1. The van der Waals surface area contributed by atoms with Gasteiger partial charge >= 0.3 is 0 Å². The lowest BCUT2D eigenvalue weighted by atomic mass is 10.3. The molecule has 0 N–H and O–H groups in total. The topological polar surface area (TPSA) is 69.9 Å². The summed E-state index contributed by atoms with van der Waals surface area (Å²) in [5.74, 6) is 1.29. The molecular formula is C17H14N2O4S2. The quantitative estimate of drug-likeness (QED) is 0.659. The molecule has 8 heteroatoms. The lowest BCUT2D eigenvalue weighted by molar-refractivity contribution is 0.174. The van der Waals surface area contributed by atoms with Crippen LogP contribution in [0.2, 0.25) is 0 Å². The predicted octanol–water partition coefficient (Wildman–Crippen LogP) is 2.91. The first-order valence-corrected chi connectivity index (χ1v) is 9.74. The number of allylic oxidation sites excluding steroid dienone is 1. The Kier molecular flexibility index (Phi) is 3.85. The summed E-state index contributed by atoms with van der Waals surface area (Å²) < 4.78 is 42.7. The zero-order chi connectivity index (χ0) is 17.4. The van der Waals surface area contributed by atoms with Crippen LogP contribution in [0.4, 0.5) is 0 Å². The molecule has 0 bridgehead atoms. The molecule has 0 saturated carbocycles. The molecule has 3 aromatic rings. The number of rotatable bonds is 4. The van der Waals surface area contributed by atoms with E-state index in [0.717, 1.165) is 10.2 Å². The van der Waals surface area contributed by atoms with Crippen molar-refractivity contribution >= 4 is 31.6 Å². The van der Waals surface area contributed by atoms with Crippen LogP contribution in [0.15, 0.2) is 64.4 Å². The van der Waals surface area contributed by atoms with E-state index < -0.39 is 10.0 Å². The summed E-state index contributed by atoms with van der Waals surface area (Å²) in [6, 6.07) is 11.8. The van der Waals surface area contributed by atoms with Gasteiger partial charge in [0.15, 0.2) is 11.5 Å². The van der Waals surface area contributed by atoms with Gasteiger partial charge < -0.3 is 14.0 Å². The smallest absolute Gasteiger partial charge is 0.285 e. The molecule has 1 aliphatic rings. The van der Waals surface area contributed by atoms with E-state index in [9.17, 15) is 8.42 Å². The summed E-state index contributed by atoms with van der Waals surface area (Å²) in [5.41, 5.74) is 0.830. The van der Waals surface area contributed by atoms with Crippen molar-refractivity contribution in [1.82, 2.24) is 4.57 Å². The second kappa shape index (κ2) is 6.05. The van der Waals surface area contributed by atoms with Crippen LogP contribution in [0.3, 0.4) is 0 Å². The van der Waals surface area contributed by atoms with E-state index in [2.05, 4.69) is 11.0 Å². The second-order valence-electron chi connectivity index (χ2n) is 5.34. The number of ether oxygens (including phenoxy) is 2.